The Labute approximate surface area is 99.0 Å². The van der Waals surface area contributed by atoms with Gasteiger partial charge in [0.05, 0.1) is 22.6 Å². The molecule has 15 heavy (non-hydrogen) atoms. The fourth-order valence-electron chi connectivity index (χ4n) is 0.611. The second-order valence-electron chi connectivity index (χ2n) is 2.50. The molecule has 0 aromatic heterocycles. The summed E-state index contributed by atoms with van der Waals surface area (Å²) in [6.45, 7) is -0.469. The van der Waals surface area contributed by atoms with Gasteiger partial charge in [0, 0.05) is 6.42 Å². The predicted molar refractivity (Wildman–Crippen MR) is 56.3 cm³/mol. The predicted octanol–water partition coefficient (Wildman–Crippen LogP) is 0.251. The molecule has 7 nitrogen and oxygen atoms in total. The topological polar surface area (TPSA) is 116 Å². The molecule has 0 saturated carbocycles. The van der Waals surface area contributed by atoms with Crippen molar-refractivity contribution >= 4 is 38.5 Å². The van der Waals surface area contributed by atoms with Crippen LogP contribution in [0.2, 0.25) is 0 Å². The molecule has 86 valence electrons. The molecule has 3 N–H and O–H groups in total. The summed E-state index contributed by atoms with van der Waals surface area (Å²) in [6.07, 6.45) is -0.154. The van der Waals surface area contributed by atoms with E-state index in [4.69, 9.17) is 10.8 Å². The monoisotopic (exact) mass is 331 g/mol. The van der Waals surface area contributed by atoms with Gasteiger partial charge in [-0.25, -0.2) is 4.79 Å². The van der Waals surface area contributed by atoms with Crippen molar-refractivity contribution in [2.75, 3.05) is 6.79 Å². The van der Waals surface area contributed by atoms with Gasteiger partial charge >= 0.3 is 15.9 Å². The summed E-state index contributed by atoms with van der Waals surface area (Å²) >= 11 is 1.38. The van der Waals surface area contributed by atoms with Crippen LogP contribution in [0.15, 0.2) is 0 Å². The number of rotatable bonds is 6. The van der Waals surface area contributed by atoms with E-state index in [2.05, 4.69) is 9.47 Å². The largest absolute Gasteiger partial charge is 0.480 e. The molecule has 0 rings (SSSR count). The van der Waals surface area contributed by atoms with Crippen LogP contribution < -0.4 is 5.73 Å². The van der Waals surface area contributed by atoms with Gasteiger partial charge in [0.2, 0.25) is 6.79 Å². The number of halogens is 1. The molecule has 0 aromatic carbocycles. The standard InChI is InChI=1S/C7H10INO6/c8-7(13)15-3-14-5(10)2-1-4(9)6(11)12/h4H,1-3,9H2,(H,11,12). The molecule has 0 bridgehead atoms. The Kier molecular flexibility index (Phi) is 6.96. The fourth-order valence-corrected chi connectivity index (χ4v) is 0.738. The first-order valence-electron chi connectivity index (χ1n) is 3.89. The molecule has 1 atom stereocenters. The molecular weight excluding hydrogens is 321 g/mol. The second kappa shape index (κ2) is 7.40. The fraction of sp³-hybridized carbons (Fsp3) is 0.571. The van der Waals surface area contributed by atoms with Crippen LogP contribution in [0.25, 0.3) is 0 Å². The highest BCUT2D eigenvalue weighted by atomic mass is 127. The van der Waals surface area contributed by atoms with Gasteiger partial charge in [-0.2, -0.15) is 0 Å². The Hall–Kier alpha value is -0.900. The minimum Gasteiger partial charge on any atom is -0.480 e. The third-order valence-electron chi connectivity index (χ3n) is 1.37. The van der Waals surface area contributed by atoms with E-state index in [-0.39, 0.29) is 12.8 Å². The number of carboxylic acid groups (broad SMARTS) is 1. The zero-order valence-electron chi connectivity index (χ0n) is 7.64. The zero-order chi connectivity index (χ0) is 11.8. The lowest BCUT2D eigenvalue weighted by atomic mass is 10.2. The van der Waals surface area contributed by atoms with E-state index in [0.29, 0.717) is 0 Å². The van der Waals surface area contributed by atoms with Crippen LogP contribution in [0.4, 0.5) is 4.79 Å². The number of esters is 1. The Bertz CT molecular complexity index is 256. The van der Waals surface area contributed by atoms with Crippen molar-refractivity contribution in [1.82, 2.24) is 0 Å². The quantitative estimate of drug-likeness (QED) is 0.310. The first-order chi connectivity index (χ1) is 6.93. The zero-order valence-corrected chi connectivity index (χ0v) is 9.80. The van der Waals surface area contributed by atoms with Crippen molar-refractivity contribution < 1.29 is 29.0 Å². The molecule has 0 amide bonds. The molecule has 0 saturated heterocycles. The lowest BCUT2D eigenvalue weighted by Gasteiger charge is -2.06. The Balaban J connectivity index is 3.57. The van der Waals surface area contributed by atoms with Crippen molar-refractivity contribution in [3.63, 3.8) is 0 Å². The molecule has 0 fully saturated rings. The van der Waals surface area contributed by atoms with Crippen LogP contribution in [0.3, 0.4) is 0 Å². The average molecular weight is 331 g/mol. The van der Waals surface area contributed by atoms with Gasteiger partial charge in [0.25, 0.3) is 0 Å². The number of ether oxygens (including phenoxy) is 2. The number of hydrogen-bond acceptors (Lipinski definition) is 6. The number of carbonyl (C=O) groups is 3. The molecule has 0 radical (unpaired) electrons. The summed E-state index contributed by atoms with van der Waals surface area (Å²) in [5.41, 5.74) is 5.15. The number of hydrogen-bond donors (Lipinski definition) is 2. The van der Waals surface area contributed by atoms with Crippen LogP contribution in [-0.2, 0) is 19.1 Å². The van der Waals surface area contributed by atoms with Crippen LogP contribution in [0.5, 0.6) is 0 Å². The number of nitrogens with two attached hydrogens (primary N) is 1. The van der Waals surface area contributed by atoms with Crippen LogP contribution in [0, 0.1) is 0 Å². The van der Waals surface area contributed by atoms with Crippen molar-refractivity contribution in [2.45, 2.75) is 18.9 Å². The normalized spacial score (nSPS) is 11.6. The van der Waals surface area contributed by atoms with Crippen molar-refractivity contribution in [1.29, 1.82) is 0 Å². The highest BCUT2D eigenvalue weighted by Crippen LogP contribution is 1.98. The highest BCUT2D eigenvalue weighted by Gasteiger charge is 2.14. The minimum absolute atomic E-state index is 0.0215. The van der Waals surface area contributed by atoms with Crippen LogP contribution >= 0.6 is 22.6 Å². The van der Waals surface area contributed by atoms with E-state index in [1.807, 2.05) is 0 Å². The van der Waals surface area contributed by atoms with E-state index in [0.717, 1.165) is 0 Å². The summed E-state index contributed by atoms with van der Waals surface area (Å²) in [5.74, 6) is -1.84. The first kappa shape index (κ1) is 14.1. The van der Waals surface area contributed by atoms with Gasteiger partial charge in [-0.15, -0.1) is 0 Å². The number of carboxylic acids is 1. The van der Waals surface area contributed by atoms with Gasteiger partial charge in [-0.3, -0.25) is 9.59 Å². The van der Waals surface area contributed by atoms with Crippen molar-refractivity contribution in [3.8, 4) is 0 Å². The molecule has 0 aliphatic heterocycles. The van der Waals surface area contributed by atoms with Gasteiger partial charge in [-0.1, -0.05) is 0 Å². The maximum absolute atomic E-state index is 10.9. The third-order valence-corrected chi connectivity index (χ3v) is 1.68. The highest BCUT2D eigenvalue weighted by molar-refractivity contribution is 14.1. The first-order valence-corrected chi connectivity index (χ1v) is 4.97. The van der Waals surface area contributed by atoms with Gasteiger partial charge in [0.1, 0.15) is 6.04 Å². The van der Waals surface area contributed by atoms with Gasteiger partial charge < -0.3 is 20.3 Å². The molecule has 0 aliphatic rings. The smallest absolute Gasteiger partial charge is 0.369 e. The summed E-state index contributed by atoms with van der Waals surface area (Å²) in [6, 6.07) is -1.09. The van der Waals surface area contributed by atoms with E-state index < -0.39 is 28.7 Å². The van der Waals surface area contributed by atoms with E-state index in [9.17, 15) is 14.4 Å². The Morgan fingerprint density at radius 2 is 1.93 bits per heavy atom. The number of aliphatic carboxylic acids is 1. The van der Waals surface area contributed by atoms with Crippen LogP contribution in [0.1, 0.15) is 12.8 Å². The van der Waals surface area contributed by atoms with Crippen molar-refractivity contribution in [3.05, 3.63) is 0 Å². The maximum Gasteiger partial charge on any atom is 0.369 e. The molecule has 0 aliphatic carbocycles. The summed E-state index contributed by atoms with van der Waals surface area (Å²) in [7, 11) is 0. The Morgan fingerprint density at radius 1 is 1.33 bits per heavy atom. The second-order valence-corrected chi connectivity index (χ2v) is 3.38. The molecule has 8 heteroatoms. The molecule has 0 heterocycles. The van der Waals surface area contributed by atoms with Gasteiger partial charge in [0.15, 0.2) is 0 Å². The lowest BCUT2D eigenvalue weighted by molar-refractivity contribution is -0.151. The molecular formula is C7H10INO6. The van der Waals surface area contributed by atoms with E-state index in [1.165, 1.54) is 22.6 Å². The summed E-state index contributed by atoms with van der Waals surface area (Å²) in [4.78, 5) is 31.4. The third kappa shape index (κ3) is 8.12. The molecule has 0 aromatic rings. The molecule has 1 unspecified atom stereocenters. The average Bonchev–Trinajstić information content (AvgIpc) is 2.13. The summed E-state index contributed by atoms with van der Waals surface area (Å²) < 4.78 is 8.18. The van der Waals surface area contributed by atoms with E-state index >= 15 is 0 Å². The van der Waals surface area contributed by atoms with E-state index in [1.54, 1.807) is 0 Å². The Morgan fingerprint density at radius 3 is 2.40 bits per heavy atom. The van der Waals surface area contributed by atoms with Gasteiger partial charge in [-0.05, 0) is 6.42 Å². The SMILES string of the molecule is NC(CCC(=O)OCOC(=O)I)C(=O)O. The maximum atomic E-state index is 10.9. The van der Waals surface area contributed by atoms with Crippen molar-refractivity contribution in [2.24, 2.45) is 5.73 Å². The van der Waals surface area contributed by atoms with Crippen LogP contribution in [-0.4, -0.2) is 33.9 Å². The lowest BCUT2D eigenvalue weighted by Crippen LogP contribution is -2.30. The minimum atomic E-state index is -1.18. The summed E-state index contributed by atoms with van der Waals surface area (Å²) in [5, 5.41) is 8.40. The number of carbonyl (C=O) groups excluding carboxylic acids is 2. The molecule has 0 spiro atoms.